The van der Waals surface area contributed by atoms with Gasteiger partial charge in [0.15, 0.2) is 0 Å². The van der Waals surface area contributed by atoms with Crippen molar-refractivity contribution in [2.45, 2.75) is 18.7 Å². The maximum atomic E-state index is 12.5. The van der Waals surface area contributed by atoms with Gasteiger partial charge in [0.1, 0.15) is 5.82 Å². The summed E-state index contributed by atoms with van der Waals surface area (Å²) in [5.41, 5.74) is 5.17. The van der Waals surface area contributed by atoms with E-state index >= 15 is 0 Å². The Morgan fingerprint density at radius 1 is 0.758 bits per heavy atom. The molecule has 0 saturated carbocycles. The third-order valence-corrected chi connectivity index (χ3v) is 5.67. The molecule has 166 valence electrons. The molecule has 4 aromatic rings. The van der Waals surface area contributed by atoms with E-state index < -0.39 is 0 Å². The van der Waals surface area contributed by atoms with Crippen molar-refractivity contribution in [1.29, 1.82) is 0 Å². The number of carbonyl (C=O) groups excluding carboxylic acids is 1. The fourth-order valence-corrected chi connectivity index (χ4v) is 3.59. The summed E-state index contributed by atoms with van der Waals surface area (Å²) in [5, 5.41) is 9.46. The molecule has 7 heteroatoms. The highest BCUT2D eigenvalue weighted by Gasteiger charge is 2.07. The third kappa shape index (κ3) is 6.11. The molecule has 1 amide bonds. The molecule has 0 spiro atoms. The van der Waals surface area contributed by atoms with Gasteiger partial charge in [-0.15, -0.1) is 11.8 Å². The maximum Gasteiger partial charge on any atom is 0.255 e. The molecular formula is C26H25N5OS. The number of benzene rings is 3. The van der Waals surface area contributed by atoms with Gasteiger partial charge >= 0.3 is 0 Å². The number of aromatic nitrogens is 2. The normalized spacial score (nSPS) is 10.5. The quantitative estimate of drug-likeness (QED) is 0.274. The average molecular weight is 456 g/mol. The number of anilines is 5. The van der Waals surface area contributed by atoms with Crippen molar-refractivity contribution in [3.8, 4) is 0 Å². The Bertz CT molecular complexity index is 1240. The Hall–Kier alpha value is -3.84. The van der Waals surface area contributed by atoms with Crippen molar-refractivity contribution in [2.24, 2.45) is 0 Å². The first-order valence-electron chi connectivity index (χ1n) is 10.5. The van der Waals surface area contributed by atoms with Crippen molar-refractivity contribution in [2.75, 3.05) is 22.2 Å². The van der Waals surface area contributed by atoms with E-state index in [1.165, 1.54) is 5.56 Å². The zero-order chi connectivity index (χ0) is 23.2. The summed E-state index contributed by atoms with van der Waals surface area (Å²) in [6.07, 6.45) is 2.01. The monoisotopic (exact) mass is 455 g/mol. The first kappa shape index (κ1) is 22.4. The lowest BCUT2D eigenvalue weighted by Gasteiger charge is -2.11. The van der Waals surface area contributed by atoms with E-state index in [0.29, 0.717) is 23.0 Å². The van der Waals surface area contributed by atoms with E-state index in [-0.39, 0.29) is 5.91 Å². The Balaban J connectivity index is 1.41. The number of hydrogen-bond acceptors (Lipinski definition) is 6. The maximum absolute atomic E-state index is 12.5. The zero-order valence-electron chi connectivity index (χ0n) is 18.7. The number of rotatable bonds is 7. The third-order valence-electron chi connectivity index (χ3n) is 4.93. The first-order chi connectivity index (χ1) is 16.0. The molecule has 0 aliphatic heterocycles. The fraction of sp³-hybridized carbons (Fsp3) is 0.115. The summed E-state index contributed by atoms with van der Waals surface area (Å²) in [7, 11) is 0. The van der Waals surface area contributed by atoms with Crippen molar-refractivity contribution < 1.29 is 4.79 Å². The predicted molar refractivity (Wildman–Crippen MR) is 137 cm³/mol. The Morgan fingerprint density at radius 3 is 2.03 bits per heavy atom. The average Bonchev–Trinajstić information content (AvgIpc) is 2.81. The molecule has 6 nitrogen and oxygen atoms in total. The van der Waals surface area contributed by atoms with Crippen LogP contribution in [-0.4, -0.2) is 22.1 Å². The molecule has 33 heavy (non-hydrogen) atoms. The van der Waals surface area contributed by atoms with Crippen LogP contribution < -0.4 is 16.0 Å². The van der Waals surface area contributed by atoms with Crippen LogP contribution in [0.25, 0.3) is 0 Å². The topological polar surface area (TPSA) is 78.9 Å². The summed E-state index contributed by atoms with van der Waals surface area (Å²) in [6.45, 7) is 3.98. The number of nitrogens with zero attached hydrogens (tertiary/aromatic N) is 2. The zero-order valence-corrected chi connectivity index (χ0v) is 19.5. The van der Waals surface area contributed by atoms with Crippen LogP contribution in [-0.2, 0) is 0 Å². The lowest BCUT2D eigenvalue weighted by atomic mass is 10.2. The molecule has 3 aromatic carbocycles. The van der Waals surface area contributed by atoms with Crippen LogP contribution in [0.5, 0.6) is 0 Å². The van der Waals surface area contributed by atoms with Gasteiger partial charge < -0.3 is 16.0 Å². The molecule has 1 heterocycles. The van der Waals surface area contributed by atoms with Gasteiger partial charge in [-0.25, -0.2) is 4.98 Å². The summed E-state index contributed by atoms with van der Waals surface area (Å²) in [4.78, 5) is 22.6. The smallest absolute Gasteiger partial charge is 0.255 e. The van der Waals surface area contributed by atoms with Gasteiger partial charge in [0, 0.05) is 39.3 Å². The first-order valence-corrected chi connectivity index (χ1v) is 11.7. The summed E-state index contributed by atoms with van der Waals surface area (Å²) >= 11 is 1.64. The molecule has 0 radical (unpaired) electrons. The molecule has 0 fully saturated rings. The molecule has 3 N–H and O–H groups in total. The molecule has 0 saturated heterocycles. The van der Waals surface area contributed by atoms with Gasteiger partial charge in [0.25, 0.3) is 5.91 Å². The molecule has 0 aliphatic rings. The van der Waals surface area contributed by atoms with Crippen LogP contribution >= 0.6 is 11.8 Å². The van der Waals surface area contributed by atoms with Crippen LogP contribution in [0, 0.1) is 13.8 Å². The predicted octanol–water partition coefficient (Wildman–Crippen LogP) is 6.55. The van der Waals surface area contributed by atoms with Gasteiger partial charge in [-0.1, -0.05) is 17.7 Å². The second-order valence-corrected chi connectivity index (χ2v) is 8.47. The van der Waals surface area contributed by atoms with Gasteiger partial charge in [-0.05, 0) is 80.8 Å². The van der Waals surface area contributed by atoms with Crippen LogP contribution in [0.2, 0.25) is 0 Å². The molecule has 0 atom stereocenters. The summed E-state index contributed by atoms with van der Waals surface area (Å²) < 4.78 is 0. The lowest BCUT2D eigenvalue weighted by molar-refractivity contribution is 0.102. The molecule has 0 bridgehead atoms. The number of carbonyl (C=O) groups is 1. The molecule has 1 aromatic heterocycles. The van der Waals surface area contributed by atoms with Gasteiger partial charge in [-0.2, -0.15) is 4.98 Å². The minimum atomic E-state index is -0.141. The number of thioether (sulfide) groups is 1. The van der Waals surface area contributed by atoms with E-state index in [9.17, 15) is 4.79 Å². The van der Waals surface area contributed by atoms with Crippen LogP contribution in [0.3, 0.4) is 0 Å². The van der Waals surface area contributed by atoms with E-state index in [0.717, 1.165) is 22.0 Å². The summed E-state index contributed by atoms with van der Waals surface area (Å²) in [6, 6.07) is 25.0. The van der Waals surface area contributed by atoms with Crippen molar-refractivity contribution in [1.82, 2.24) is 9.97 Å². The lowest BCUT2D eigenvalue weighted by Crippen LogP contribution is -2.11. The fourth-order valence-electron chi connectivity index (χ4n) is 3.18. The van der Waals surface area contributed by atoms with Gasteiger partial charge in [0.05, 0.1) is 0 Å². The van der Waals surface area contributed by atoms with Crippen LogP contribution in [0.4, 0.5) is 28.8 Å². The highest BCUT2D eigenvalue weighted by atomic mass is 32.2. The molecule has 0 unspecified atom stereocenters. The van der Waals surface area contributed by atoms with E-state index in [4.69, 9.17) is 0 Å². The minimum absolute atomic E-state index is 0.141. The minimum Gasteiger partial charge on any atom is -0.340 e. The van der Waals surface area contributed by atoms with Gasteiger partial charge in [0.2, 0.25) is 5.95 Å². The number of amides is 1. The van der Waals surface area contributed by atoms with E-state index in [2.05, 4.69) is 45.0 Å². The molecule has 4 rings (SSSR count). The molecule has 0 aliphatic carbocycles. The Morgan fingerprint density at radius 2 is 1.36 bits per heavy atom. The number of aryl methyl sites for hydroxylation is 2. The standard InChI is InChI=1S/C26H25N5OS/c1-17-4-8-20(9-5-17)28-24-16-18(2)27-26(31-24)30-22-12-10-21(11-13-22)29-25(32)19-6-14-23(33-3)15-7-19/h4-16H,1-3H3,(H,29,32)(H2,27,28,30,31). The van der Waals surface area contributed by atoms with Crippen LogP contribution in [0.15, 0.2) is 83.8 Å². The number of hydrogen-bond donors (Lipinski definition) is 3. The Labute approximate surface area is 197 Å². The SMILES string of the molecule is CSc1ccc(C(=O)Nc2ccc(Nc3nc(C)cc(Nc4ccc(C)cc4)n3)cc2)cc1. The second-order valence-electron chi connectivity index (χ2n) is 7.59. The number of nitrogens with one attached hydrogen (secondary N) is 3. The largest absolute Gasteiger partial charge is 0.340 e. The van der Waals surface area contributed by atoms with Crippen molar-refractivity contribution >= 4 is 46.5 Å². The highest BCUT2D eigenvalue weighted by molar-refractivity contribution is 7.98. The van der Waals surface area contributed by atoms with Crippen LogP contribution in [0.1, 0.15) is 21.6 Å². The highest BCUT2D eigenvalue weighted by Crippen LogP contribution is 2.21. The second kappa shape index (κ2) is 10.2. The van der Waals surface area contributed by atoms with E-state index in [1.807, 2.05) is 79.9 Å². The van der Waals surface area contributed by atoms with Gasteiger partial charge in [-0.3, -0.25) is 4.79 Å². The Kier molecular flexibility index (Phi) is 6.90. The van der Waals surface area contributed by atoms with Crippen molar-refractivity contribution in [3.05, 3.63) is 95.7 Å². The summed E-state index contributed by atoms with van der Waals surface area (Å²) in [5.74, 6) is 1.07. The molecular weight excluding hydrogens is 430 g/mol. The van der Waals surface area contributed by atoms with Crippen molar-refractivity contribution in [3.63, 3.8) is 0 Å². The van der Waals surface area contributed by atoms with E-state index in [1.54, 1.807) is 11.8 Å².